The van der Waals surface area contributed by atoms with Crippen molar-refractivity contribution in [2.75, 3.05) is 19.8 Å². The lowest BCUT2D eigenvalue weighted by molar-refractivity contribution is -0.141. The molecule has 0 spiro atoms. The van der Waals surface area contributed by atoms with E-state index in [1.165, 1.54) is 63.9 Å². The van der Waals surface area contributed by atoms with Crippen molar-refractivity contribution in [2.45, 2.75) is 77.2 Å². The molecule has 0 saturated carbocycles. The summed E-state index contributed by atoms with van der Waals surface area (Å²) in [5.41, 5.74) is 0.857. The quantitative estimate of drug-likeness (QED) is 0.219. The number of aliphatic hydroxyl groups excluding tert-OH is 2. The van der Waals surface area contributed by atoms with Gasteiger partial charge in [0, 0.05) is 6.08 Å². The molecule has 164 valence electrons. The summed E-state index contributed by atoms with van der Waals surface area (Å²) in [6, 6.07) is 7.52. The average Bonchev–Trinajstić information content (AvgIpc) is 2.75. The molecule has 1 atom stereocenters. The van der Waals surface area contributed by atoms with Crippen LogP contribution in [-0.2, 0) is 9.53 Å². The van der Waals surface area contributed by atoms with Gasteiger partial charge >= 0.3 is 5.97 Å². The van der Waals surface area contributed by atoms with Gasteiger partial charge < -0.3 is 19.7 Å². The molecule has 1 aromatic carbocycles. The minimum atomic E-state index is -1.04. The van der Waals surface area contributed by atoms with Crippen molar-refractivity contribution in [3.8, 4) is 5.75 Å². The summed E-state index contributed by atoms with van der Waals surface area (Å²) in [6.07, 6.45) is 15.0. The number of hydrogen-bond donors (Lipinski definition) is 2. The lowest BCUT2D eigenvalue weighted by atomic mass is 10.1. The number of benzene rings is 1. The Bertz CT molecular complexity index is 553. The summed E-state index contributed by atoms with van der Waals surface area (Å²) in [4.78, 5) is 11.5. The fourth-order valence-corrected chi connectivity index (χ4v) is 2.90. The highest BCUT2D eigenvalue weighted by atomic mass is 16.5. The van der Waals surface area contributed by atoms with Crippen molar-refractivity contribution < 1.29 is 24.5 Å². The number of aliphatic hydroxyl groups is 2. The predicted molar refractivity (Wildman–Crippen MR) is 117 cm³/mol. The number of hydrogen-bond acceptors (Lipinski definition) is 5. The highest BCUT2D eigenvalue weighted by Gasteiger charge is 2.04. The summed E-state index contributed by atoms with van der Waals surface area (Å²) < 4.78 is 10.6. The van der Waals surface area contributed by atoms with Crippen LogP contribution < -0.4 is 4.74 Å². The second-order valence-electron chi connectivity index (χ2n) is 7.40. The van der Waals surface area contributed by atoms with Crippen LogP contribution in [0.25, 0.3) is 6.08 Å². The minimum Gasteiger partial charge on any atom is -0.494 e. The van der Waals surface area contributed by atoms with Gasteiger partial charge in [-0.25, -0.2) is 4.79 Å². The maximum Gasteiger partial charge on any atom is 0.330 e. The Labute approximate surface area is 175 Å². The highest BCUT2D eigenvalue weighted by Crippen LogP contribution is 2.15. The molecule has 1 rings (SSSR count). The van der Waals surface area contributed by atoms with E-state index in [4.69, 9.17) is 19.7 Å². The normalized spacial score (nSPS) is 12.2. The Morgan fingerprint density at radius 3 is 2.14 bits per heavy atom. The number of esters is 1. The molecule has 0 bridgehead atoms. The van der Waals surface area contributed by atoms with E-state index in [2.05, 4.69) is 6.92 Å². The van der Waals surface area contributed by atoms with E-state index >= 15 is 0 Å². The van der Waals surface area contributed by atoms with Crippen molar-refractivity contribution in [3.05, 3.63) is 35.9 Å². The zero-order chi connectivity index (χ0) is 21.2. The topological polar surface area (TPSA) is 76.0 Å². The Balaban J connectivity index is 2.09. The van der Waals surface area contributed by atoms with E-state index in [1.54, 1.807) is 6.08 Å². The number of unbranched alkanes of at least 4 members (excludes halogenated alkanes) is 9. The molecule has 5 heteroatoms. The second kappa shape index (κ2) is 17.0. The molecule has 0 aliphatic rings. The van der Waals surface area contributed by atoms with Gasteiger partial charge in [0.2, 0.25) is 0 Å². The summed E-state index contributed by atoms with van der Waals surface area (Å²) in [5, 5.41) is 17.8. The molecule has 2 N–H and O–H groups in total. The first-order valence-corrected chi connectivity index (χ1v) is 11.0. The minimum absolute atomic E-state index is 0.217. The van der Waals surface area contributed by atoms with Gasteiger partial charge in [0.05, 0.1) is 13.2 Å². The Morgan fingerprint density at radius 2 is 1.55 bits per heavy atom. The van der Waals surface area contributed by atoms with Crippen LogP contribution in [0.1, 0.15) is 76.7 Å². The van der Waals surface area contributed by atoms with Gasteiger partial charge in [0.25, 0.3) is 0 Å². The third-order valence-corrected chi connectivity index (χ3v) is 4.69. The Hall–Kier alpha value is -1.85. The molecule has 0 aliphatic carbocycles. The van der Waals surface area contributed by atoms with Gasteiger partial charge in [0.15, 0.2) is 0 Å². The molecule has 0 saturated heterocycles. The third-order valence-electron chi connectivity index (χ3n) is 4.69. The van der Waals surface area contributed by atoms with Crippen molar-refractivity contribution >= 4 is 12.0 Å². The monoisotopic (exact) mass is 406 g/mol. The van der Waals surface area contributed by atoms with E-state index in [0.717, 1.165) is 24.3 Å². The van der Waals surface area contributed by atoms with Crippen LogP contribution in [0.15, 0.2) is 30.3 Å². The largest absolute Gasteiger partial charge is 0.494 e. The molecule has 29 heavy (non-hydrogen) atoms. The zero-order valence-corrected chi connectivity index (χ0v) is 17.9. The number of carbonyl (C=O) groups is 1. The third kappa shape index (κ3) is 13.9. The van der Waals surface area contributed by atoms with Gasteiger partial charge in [-0.15, -0.1) is 0 Å². The zero-order valence-electron chi connectivity index (χ0n) is 17.9. The molecular weight excluding hydrogens is 368 g/mol. The van der Waals surface area contributed by atoms with Gasteiger partial charge in [-0.1, -0.05) is 76.8 Å². The molecule has 5 nitrogen and oxygen atoms in total. The van der Waals surface area contributed by atoms with Crippen molar-refractivity contribution in [1.29, 1.82) is 0 Å². The van der Waals surface area contributed by atoms with E-state index in [-0.39, 0.29) is 6.61 Å². The van der Waals surface area contributed by atoms with Gasteiger partial charge in [-0.05, 0) is 30.2 Å². The first kappa shape index (κ1) is 25.2. The molecule has 0 aliphatic heterocycles. The summed E-state index contributed by atoms with van der Waals surface area (Å²) >= 11 is 0. The van der Waals surface area contributed by atoms with Crippen LogP contribution in [0, 0.1) is 0 Å². The summed E-state index contributed by atoms with van der Waals surface area (Å²) in [5.74, 6) is 0.269. The van der Waals surface area contributed by atoms with Gasteiger partial charge in [-0.3, -0.25) is 0 Å². The Morgan fingerprint density at radius 1 is 0.966 bits per heavy atom. The molecule has 0 radical (unpaired) electrons. The fraction of sp³-hybridized carbons (Fsp3) is 0.625. The smallest absolute Gasteiger partial charge is 0.330 e. The van der Waals surface area contributed by atoms with Crippen LogP contribution in [0.5, 0.6) is 5.75 Å². The van der Waals surface area contributed by atoms with Crippen LogP contribution in [0.3, 0.4) is 0 Å². The van der Waals surface area contributed by atoms with E-state index < -0.39 is 18.7 Å². The SMILES string of the molecule is CCCCCCCCCCCCOc1ccc(/C=C/C(=O)OCC(O)CO)cc1. The highest BCUT2D eigenvalue weighted by molar-refractivity contribution is 5.87. The number of carbonyl (C=O) groups excluding carboxylic acids is 1. The van der Waals surface area contributed by atoms with E-state index in [1.807, 2.05) is 24.3 Å². The van der Waals surface area contributed by atoms with Crippen LogP contribution in [-0.4, -0.2) is 42.1 Å². The standard InChI is InChI=1S/C24H38O5/c1-2-3-4-5-6-7-8-9-10-11-18-28-23-15-12-21(13-16-23)14-17-24(27)29-20-22(26)19-25/h12-17,22,25-26H,2-11,18-20H2,1H3/b17-14+. The fourth-order valence-electron chi connectivity index (χ4n) is 2.90. The molecule has 1 aromatic rings. The predicted octanol–water partition coefficient (Wildman–Crippen LogP) is 4.90. The lowest BCUT2D eigenvalue weighted by Gasteiger charge is -2.07. The summed E-state index contributed by atoms with van der Waals surface area (Å²) in [6.45, 7) is 2.33. The number of rotatable bonds is 17. The average molecular weight is 407 g/mol. The van der Waals surface area contributed by atoms with Crippen molar-refractivity contribution in [1.82, 2.24) is 0 Å². The summed E-state index contributed by atoms with van der Waals surface area (Å²) in [7, 11) is 0. The van der Waals surface area contributed by atoms with Crippen molar-refractivity contribution in [2.24, 2.45) is 0 Å². The van der Waals surface area contributed by atoms with Crippen molar-refractivity contribution in [3.63, 3.8) is 0 Å². The van der Waals surface area contributed by atoms with E-state index in [9.17, 15) is 4.79 Å². The molecule has 0 aromatic heterocycles. The maximum absolute atomic E-state index is 11.5. The first-order chi connectivity index (χ1) is 14.2. The molecule has 0 heterocycles. The number of ether oxygens (including phenoxy) is 2. The van der Waals surface area contributed by atoms with E-state index in [0.29, 0.717) is 0 Å². The first-order valence-electron chi connectivity index (χ1n) is 11.0. The van der Waals surface area contributed by atoms with Crippen LogP contribution >= 0.6 is 0 Å². The second-order valence-corrected chi connectivity index (χ2v) is 7.40. The Kier molecular flexibility index (Phi) is 14.8. The molecule has 0 fully saturated rings. The van der Waals surface area contributed by atoms with Gasteiger partial charge in [0.1, 0.15) is 18.5 Å². The maximum atomic E-state index is 11.5. The van der Waals surface area contributed by atoms with Crippen LogP contribution in [0.2, 0.25) is 0 Å². The van der Waals surface area contributed by atoms with Gasteiger partial charge in [-0.2, -0.15) is 0 Å². The molecule has 0 amide bonds. The molecular formula is C24H38O5. The van der Waals surface area contributed by atoms with Crippen LogP contribution in [0.4, 0.5) is 0 Å². The molecule has 1 unspecified atom stereocenters. The lowest BCUT2D eigenvalue weighted by Crippen LogP contribution is -2.21.